The predicted octanol–water partition coefficient (Wildman–Crippen LogP) is 23.2. The summed E-state index contributed by atoms with van der Waals surface area (Å²) in [6.07, 6.45) is 3.28. The molecule has 8 bridgehead atoms. The summed E-state index contributed by atoms with van der Waals surface area (Å²) in [6, 6.07) is 54.9. The number of hydrogen-bond donors (Lipinski definition) is 4. The van der Waals surface area contributed by atoms with Crippen LogP contribution in [0.2, 0.25) is 0 Å². The number of aromatic nitrogens is 4. The number of aliphatic imine (C=N–C) groups is 2. The molecular weight excluding hydrogens is 1290 g/mol. The van der Waals surface area contributed by atoms with Crippen LogP contribution in [0.3, 0.4) is 0 Å². The summed E-state index contributed by atoms with van der Waals surface area (Å²) in [5.41, 5.74) is 16.6. The largest absolute Gasteiger partial charge is 0.507 e. The quantitative estimate of drug-likeness (QED) is 0.0681. The molecule has 0 amide bonds. The van der Waals surface area contributed by atoms with Crippen molar-refractivity contribution >= 4 is 57.4 Å². The fourth-order valence-electron chi connectivity index (χ4n) is 13.0. The molecule has 0 saturated carbocycles. The molecular formula is C90H88N6O8. The predicted molar refractivity (Wildman–Crippen MR) is 420 cm³/mol. The third-order valence-electron chi connectivity index (χ3n) is 19.0. The lowest BCUT2D eigenvalue weighted by molar-refractivity contribution is 0.422. The third kappa shape index (κ3) is 14.2. The minimum atomic E-state index is -0.284. The highest BCUT2D eigenvalue weighted by Gasteiger charge is 2.32. The van der Waals surface area contributed by atoms with Crippen LogP contribution in [0, 0.1) is 83.1 Å². The normalized spacial score (nSPS) is 12.6. The molecule has 0 radical (unpaired) electrons. The van der Waals surface area contributed by atoms with Crippen molar-refractivity contribution in [2.45, 2.75) is 135 Å². The number of nitrogens with one attached hydrogen (secondary N) is 2. The number of rotatable bonds is 16. The molecule has 3 aromatic heterocycles. The highest BCUT2D eigenvalue weighted by molar-refractivity contribution is 6.02. The number of H-pyrrole nitrogens is 2. The number of nitrogens with zero attached hydrogens (tertiary/aromatic N) is 4. The molecule has 2 aliphatic rings. The van der Waals surface area contributed by atoms with Gasteiger partial charge >= 0.3 is 0 Å². The minimum absolute atomic E-state index is 0.0210. The van der Waals surface area contributed by atoms with Crippen molar-refractivity contribution in [1.29, 1.82) is 0 Å². The van der Waals surface area contributed by atoms with Crippen LogP contribution in [0.15, 0.2) is 180 Å². The molecule has 14 nitrogen and oxygen atoms in total. The summed E-state index contributed by atoms with van der Waals surface area (Å²) in [6.45, 7) is 36.9. The van der Waals surface area contributed by atoms with E-state index in [1.165, 1.54) is 0 Å². The first-order chi connectivity index (χ1) is 49.6. The summed E-state index contributed by atoms with van der Waals surface area (Å²) < 4.78 is 44.6. The van der Waals surface area contributed by atoms with E-state index in [2.05, 4.69) is 51.5 Å². The molecule has 5 heterocycles. The maximum absolute atomic E-state index is 11.8. The van der Waals surface area contributed by atoms with Crippen LogP contribution < -0.4 is 28.4 Å². The Morgan fingerprint density at radius 1 is 0.298 bits per heavy atom. The number of aromatic amines is 2. The molecule has 11 aromatic rings. The smallest absolute Gasteiger partial charge is 0.197 e. The van der Waals surface area contributed by atoms with Gasteiger partial charge in [-0.25, -0.2) is 9.97 Å². The van der Waals surface area contributed by atoms with Gasteiger partial charge in [-0.15, -0.1) is 0 Å². The number of benzene rings is 8. The summed E-state index contributed by atoms with van der Waals surface area (Å²) in [7, 11) is 0. The van der Waals surface area contributed by atoms with Gasteiger partial charge in [-0.2, -0.15) is 0 Å². The number of phenolic OH excluding ortho intramolecular Hbond substituents is 2. The molecule has 4 N–H and O–H groups in total. The lowest BCUT2D eigenvalue weighted by atomic mass is 9.86. The fraction of sp³-hybridized carbons (Fsp3) is 0.222. The molecule has 104 heavy (non-hydrogen) atoms. The molecule has 0 fully saturated rings. The van der Waals surface area contributed by atoms with Gasteiger partial charge in [0.05, 0.1) is 33.5 Å². The van der Waals surface area contributed by atoms with Gasteiger partial charge in [-0.3, -0.25) is 9.98 Å². The average Bonchev–Trinajstić information content (AvgIpc) is 1.60. The number of aromatic hydroxyl groups is 2. The second-order valence-electron chi connectivity index (χ2n) is 29.4. The van der Waals surface area contributed by atoms with Crippen molar-refractivity contribution in [3.63, 3.8) is 0 Å². The van der Waals surface area contributed by atoms with E-state index in [0.29, 0.717) is 136 Å². The Labute approximate surface area is 608 Å². The van der Waals surface area contributed by atoms with Crippen LogP contribution in [0.5, 0.6) is 69.0 Å². The highest BCUT2D eigenvalue weighted by Crippen LogP contribution is 2.50. The molecule has 526 valence electrons. The molecule has 0 unspecified atom stereocenters. The Morgan fingerprint density at radius 2 is 0.529 bits per heavy atom. The van der Waals surface area contributed by atoms with Gasteiger partial charge in [-0.1, -0.05) is 163 Å². The van der Waals surface area contributed by atoms with E-state index >= 15 is 0 Å². The van der Waals surface area contributed by atoms with E-state index < -0.39 is 0 Å². The van der Waals surface area contributed by atoms with Gasteiger partial charge < -0.3 is 48.6 Å². The van der Waals surface area contributed by atoms with E-state index in [1.807, 2.05) is 241 Å². The summed E-state index contributed by atoms with van der Waals surface area (Å²) in [4.78, 5) is 29.7. The lowest BCUT2D eigenvalue weighted by Crippen LogP contribution is -2.11. The molecule has 0 saturated heterocycles. The van der Waals surface area contributed by atoms with Crippen molar-refractivity contribution in [2.75, 3.05) is 0 Å². The summed E-state index contributed by atoms with van der Waals surface area (Å²) >= 11 is 0. The second-order valence-corrected chi connectivity index (χ2v) is 29.4. The van der Waals surface area contributed by atoms with E-state index in [0.717, 1.165) is 77.9 Å². The standard InChI is InChI=1S/C90H88N6O8/c1-49-25-19-26-50(2)77(49)99-83-67-43-65-75(91-47-61-41-63(89(13,14)15)37-39-73(61)97)76(92-48-62-42-64(90(16,17)18)38-40-74(62)98)66(93-65)44-68-84(100-78-51(3)27-20-28-52(78)4)86(102-80-55(7)31-22-32-56(80)8)70(95-68)46-72-88(104-82-59(11)35-24-36-60(82)12)87(103-81-57(9)33-23-34-58(81)10)71(96-72)45-69(94-67)85(83)101-79-53(5)29-21-30-54(79)6/h19-48,94-95,97-98H,1-18H3. The molecule has 0 atom stereocenters. The minimum Gasteiger partial charge on any atom is -0.507 e. The number of ether oxygens (including phenoxy) is 6. The van der Waals surface area contributed by atoms with Crippen LogP contribution in [-0.2, 0) is 10.8 Å². The van der Waals surface area contributed by atoms with Crippen LogP contribution in [0.1, 0.15) is 153 Å². The molecule has 13 rings (SSSR count). The number of para-hydroxylation sites is 6. The Balaban J connectivity index is 1.26. The van der Waals surface area contributed by atoms with Crippen molar-refractivity contribution in [1.82, 2.24) is 19.9 Å². The Hall–Kier alpha value is -11.9. The number of fused-ring (bicyclic) bond motifs is 8. The van der Waals surface area contributed by atoms with Crippen LogP contribution in [0.4, 0.5) is 0 Å². The Bertz CT molecular complexity index is 5140. The van der Waals surface area contributed by atoms with E-state index in [1.54, 1.807) is 24.6 Å². The van der Waals surface area contributed by atoms with Crippen molar-refractivity contribution in [2.24, 2.45) is 9.98 Å². The first kappa shape index (κ1) is 70.5. The highest BCUT2D eigenvalue weighted by atomic mass is 16.5. The van der Waals surface area contributed by atoms with Crippen molar-refractivity contribution in [3.05, 3.63) is 282 Å². The number of phenols is 2. The first-order valence-corrected chi connectivity index (χ1v) is 35.1. The Morgan fingerprint density at radius 3 is 0.779 bits per heavy atom. The zero-order valence-electron chi connectivity index (χ0n) is 62.5. The molecule has 14 heteroatoms. The lowest BCUT2D eigenvalue weighted by Gasteiger charge is -2.19. The molecule has 2 aliphatic heterocycles. The zero-order chi connectivity index (χ0) is 73.8. The maximum Gasteiger partial charge on any atom is 0.197 e. The van der Waals surface area contributed by atoms with Crippen LogP contribution >= 0.6 is 0 Å². The average molecular weight is 1380 g/mol. The number of hydrogen-bond acceptors (Lipinski definition) is 12. The van der Waals surface area contributed by atoms with E-state index in [9.17, 15) is 10.2 Å². The third-order valence-corrected chi connectivity index (χ3v) is 19.0. The topological polar surface area (TPSA) is 178 Å². The van der Waals surface area contributed by atoms with Crippen LogP contribution in [-0.4, -0.2) is 42.6 Å². The summed E-state index contributed by atoms with van der Waals surface area (Å²) in [5.74, 6) is 5.56. The van der Waals surface area contributed by atoms with Crippen molar-refractivity contribution < 1.29 is 38.6 Å². The van der Waals surface area contributed by atoms with Crippen molar-refractivity contribution in [3.8, 4) is 69.0 Å². The molecule has 0 spiro atoms. The van der Waals surface area contributed by atoms with Gasteiger partial charge in [0.15, 0.2) is 34.5 Å². The van der Waals surface area contributed by atoms with Crippen LogP contribution in [0.25, 0.3) is 45.0 Å². The van der Waals surface area contributed by atoms with Gasteiger partial charge in [0, 0.05) is 23.6 Å². The monoisotopic (exact) mass is 1380 g/mol. The molecule has 0 aliphatic carbocycles. The summed E-state index contributed by atoms with van der Waals surface area (Å²) in [5, 5.41) is 23.6. The van der Waals surface area contributed by atoms with E-state index in [4.69, 9.17) is 48.4 Å². The Kier molecular flexibility index (Phi) is 19.1. The zero-order valence-corrected chi connectivity index (χ0v) is 62.5. The second kappa shape index (κ2) is 28.1. The van der Waals surface area contributed by atoms with Gasteiger partial charge in [0.25, 0.3) is 0 Å². The van der Waals surface area contributed by atoms with Gasteiger partial charge in [0.1, 0.15) is 68.8 Å². The first-order valence-electron chi connectivity index (χ1n) is 35.1. The van der Waals surface area contributed by atoms with E-state index in [-0.39, 0.29) is 22.3 Å². The fourth-order valence-corrected chi connectivity index (χ4v) is 13.0. The van der Waals surface area contributed by atoms with Gasteiger partial charge in [-0.05, 0) is 220 Å². The number of aryl methyl sites for hydroxylation is 12. The maximum atomic E-state index is 11.8. The van der Waals surface area contributed by atoms with Gasteiger partial charge in [0.2, 0.25) is 0 Å². The molecule has 8 aromatic carbocycles. The SMILES string of the molecule is Cc1cccc(C)c1OC1=C(Oc2c(C)cccc2C)c2cc3[nH]c(cc4nc(cc5[nH]c(cc1n2)c(Oc1c(C)cccc1C)c5Oc1c(C)cccc1C)C(N=Cc1cc(C(C)(C)C)ccc1O)=C4N=Cc1cc(C(C)(C)C)ccc1O)c(Oc1c(C)cccc1C)c3Oc1c(C)cccc1C.